The van der Waals surface area contributed by atoms with Gasteiger partial charge in [-0.15, -0.1) is 0 Å². The Kier molecular flexibility index (Phi) is 4.86. The van der Waals surface area contributed by atoms with E-state index >= 15 is 0 Å². The van der Waals surface area contributed by atoms with Crippen molar-refractivity contribution < 1.29 is 19.4 Å². The van der Waals surface area contributed by atoms with Crippen LogP contribution >= 0.6 is 0 Å². The molecule has 1 fully saturated rings. The van der Waals surface area contributed by atoms with Gasteiger partial charge in [0.15, 0.2) is 6.10 Å². The van der Waals surface area contributed by atoms with Crippen LogP contribution in [0.5, 0.6) is 0 Å². The van der Waals surface area contributed by atoms with Crippen LogP contribution in [0, 0.1) is 0 Å². The van der Waals surface area contributed by atoms with Crippen LogP contribution in [-0.2, 0) is 14.3 Å². The Morgan fingerprint density at radius 2 is 2.43 bits per heavy atom. The Labute approximate surface area is 83.4 Å². The molecule has 0 aliphatic carbocycles. The van der Waals surface area contributed by atoms with Crippen molar-refractivity contribution >= 4 is 5.91 Å². The maximum atomic E-state index is 11.4. The van der Waals surface area contributed by atoms with Gasteiger partial charge in [0, 0.05) is 6.54 Å². The smallest absolute Gasteiger partial charge is 0.251 e. The second-order valence-corrected chi connectivity index (χ2v) is 3.36. The minimum Gasteiger partial charge on any atom is -0.393 e. The Morgan fingerprint density at radius 1 is 1.64 bits per heavy atom. The molecule has 14 heavy (non-hydrogen) atoms. The number of hydrogen-bond acceptors (Lipinski definition) is 4. The first-order valence-electron chi connectivity index (χ1n) is 4.85. The largest absolute Gasteiger partial charge is 0.393 e. The van der Waals surface area contributed by atoms with Gasteiger partial charge >= 0.3 is 0 Å². The van der Waals surface area contributed by atoms with Gasteiger partial charge in [-0.1, -0.05) is 0 Å². The zero-order valence-corrected chi connectivity index (χ0v) is 8.36. The Balaban J connectivity index is 2.13. The first kappa shape index (κ1) is 11.4. The number of hydrogen-bond donors (Lipinski definition) is 2. The molecule has 0 spiro atoms. The lowest BCUT2D eigenvalue weighted by Crippen LogP contribution is -2.43. The lowest BCUT2D eigenvalue weighted by molar-refractivity contribution is -0.147. The molecule has 0 radical (unpaired) electrons. The molecular formula is C9H17NO4. The molecule has 1 aliphatic rings. The molecule has 5 heteroatoms. The van der Waals surface area contributed by atoms with E-state index in [0.717, 1.165) is 0 Å². The third kappa shape index (κ3) is 4.04. The van der Waals surface area contributed by atoms with Crippen LogP contribution in [0.2, 0.25) is 0 Å². The molecule has 1 heterocycles. The quantitative estimate of drug-likeness (QED) is 0.633. The van der Waals surface area contributed by atoms with Crippen molar-refractivity contribution in [2.24, 2.45) is 0 Å². The molecular weight excluding hydrogens is 186 g/mol. The average Bonchev–Trinajstić information content (AvgIpc) is 2.18. The average molecular weight is 203 g/mol. The number of ether oxygens (including phenoxy) is 2. The number of nitrogens with one attached hydrogen (secondary N) is 1. The number of aliphatic hydroxyl groups is 1. The van der Waals surface area contributed by atoms with Gasteiger partial charge in [0.25, 0.3) is 5.91 Å². The van der Waals surface area contributed by atoms with Gasteiger partial charge in [0.05, 0.1) is 25.9 Å². The molecule has 0 bridgehead atoms. The van der Waals surface area contributed by atoms with E-state index in [9.17, 15) is 4.79 Å². The first-order chi connectivity index (χ1) is 6.70. The van der Waals surface area contributed by atoms with Crippen molar-refractivity contribution in [2.45, 2.75) is 25.6 Å². The topological polar surface area (TPSA) is 67.8 Å². The zero-order chi connectivity index (χ0) is 10.4. The highest BCUT2D eigenvalue weighted by molar-refractivity contribution is 5.80. The van der Waals surface area contributed by atoms with Crippen LogP contribution in [-0.4, -0.2) is 49.6 Å². The van der Waals surface area contributed by atoms with Crippen LogP contribution in [0.15, 0.2) is 0 Å². The van der Waals surface area contributed by atoms with Crippen molar-refractivity contribution in [1.82, 2.24) is 5.32 Å². The predicted molar refractivity (Wildman–Crippen MR) is 49.9 cm³/mol. The van der Waals surface area contributed by atoms with Crippen molar-refractivity contribution in [1.29, 1.82) is 0 Å². The molecule has 2 atom stereocenters. The molecule has 1 aliphatic heterocycles. The fourth-order valence-electron chi connectivity index (χ4n) is 1.16. The molecule has 1 rings (SSSR count). The van der Waals surface area contributed by atoms with Gasteiger partial charge in [-0.3, -0.25) is 4.79 Å². The van der Waals surface area contributed by atoms with Gasteiger partial charge in [0.1, 0.15) is 0 Å². The summed E-state index contributed by atoms with van der Waals surface area (Å²) < 4.78 is 10.3. The van der Waals surface area contributed by atoms with E-state index in [1.165, 1.54) is 0 Å². The lowest BCUT2D eigenvalue weighted by atomic mass is 10.2. The Hall–Kier alpha value is -0.650. The minimum atomic E-state index is -0.488. The summed E-state index contributed by atoms with van der Waals surface area (Å²) in [4.78, 5) is 11.4. The SMILES string of the molecule is CC(O)CCNC(=O)C1COCCO1. The highest BCUT2D eigenvalue weighted by Gasteiger charge is 2.21. The van der Waals surface area contributed by atoms with Crippen LogP contribution in [0.4, 0.5) is 0 Å². The van der Waals surface area contributed by atoms with E-state index < -0.39 is 6.10 Å². The van der Waals surface area contributed by atoms with Crippen LogP contribution < -0.4 is 5.32 Å². The van der Waals surface area contributed by atoms with Crippen molar-refractivity contribution in [2.75, 3.05) is 26.4 Å². The number of carbonyl (C=O) groups is 1. The molecule has 1 saturated heterocycles. The number of aliphatic hydroxyl groups excluding tert-OH is 1. The fraction of sp³-hybridized carbons (Fsp3) is 0.889. The van der Waals surface area contributed by atoms with Gasteiger partial charge in [-0.2, -0.15) is 0 Å². The third-order valence-corrected chi connectivity index (χ3v) is 1.97. The molecule has 0 aromatic carbocycles. The fourth-order valence-corrected chi connectivity index (χ4v) is 1.16. The maximum absolute atomic E-state index is 11.4. The zero-order valence-electron chi connectivity index (χ0n) is 8.36. The van der Waals surface area contributed by atoms with Gasteiger partial charge < -0.3 is 19.9 Å². The molecule has 0 saturated carbocycles. The molecule has 2 N–H and O–H groups in total. The summed E-state index contributed by atoms with van der Waals surface area (Å²) in [6.07, 6.45) is -0.323. The maximum Gasteiger partial charge on any atom is 0.251 e. The Bertz CT molecular complexity index is 178. The van der Waals surface area contributed by atoms with Gasteiger partial charge in [-0.05, 0) is 13.3 Å². The lowest BCUT2D eigenvalue weighted by Gasteiger charge is -2.22. The van der Waals surface area contributed by atoms with Crippen LogP contribution in [0.3, 0.4) is 0 Å². The summed E-state index contributed by atoms with van der Waals surface area (Å²) in [5.41, 5.74) is 0. The highest BCUT2D eigenvalue weighted by Crippen LogP contribution is 2.00. The summed E-state index contributed by atoms with van der Waals surface area (Å²) >= 11 is 0. The second-order valence-electron chi connectivity index (χ2n) is 3.36. The van der Waals surface area contributed by atoms with E-state index in [-0.39, 0.29) is 12.0 Å². The number of rotatable bonds is 4. The molecule has 82 valence electrons. The van der Waals surface area contributed by atoms with E-state index in [1.807, 2.05) is 0 Å². The summed E-state index contributed by atoms with van der Waals surface area (Å²) in [5, 5.41) is 11.6. The minimum absolute atomic E-state index is 0.162. The first-order valence-corrected chi connectivity index (χ1v) is 4.85. The molecule has 5 nitrogen and oxygen atoms in total. The van der Waals surface area contributed by atoms with Crippen LogP contribution in [0.1, 0.15) is 13.3 Å². The third-order valence-electron chi connectivity index (χ3n) is 1.97. The molecule has 0 aromatic rings. The van der Waals surface area contributed by atoms with Crippen LogP contribution in [0.25, 0.3) is 0 Å². The summed E-state index contributed by atoms with van der Waals surface area (Å²) in [6, 6.07) is 0. The molecule has 0 aromatic heterocycles. The van der Waals surface area contributed by atoms with E-state index in [0.29, 0.717) is 32.8 Å². The van der Waals surface area contributed by atoms with Crippen molar-refractivity contribution in [3.8, 4) is 0 Å². The summed E-state index contributed by atoms with van der Waals surface area (Å²) in [5.74, 6) is -0.162. The normalized spacial score (nSPS) is 24.3. The molecule has 2 unspecified atom stereocenters. The predicted octanol–water partition coefficient (Wildman–Crippen LogP) is -0.711. The van der Waals surface area contributed by atoms with Gasteiger partial charge in [0.2, 0.25) is 0 Å². The van der Waals surface area contributed by atoms with E-state index in [1.54, 1.807) is 6.92 Å². The summed E-state index contributed by atoms with van der Waals surface area (Å²) in [6.45, 7) is 3.50. The standard InChI is InChI=1S/C9H17NO4/c1-7(11)2-3-10-9(12)8-6-13-4-5-14-8/h7-8,11H,2-6H2,1H3,(H,10,12). The van der Waals surface area contributed by atoms with Gasteiger partial charge in [-0.25, -0.2) is 0 Å². The van der Waals surface area contributed by atoms with E-state index in [4.69, 9.17) is 14.6 Å². The monoisotopic (exact) mass is 203 g/mol. The van der Waals surface area contributed by atoms with Crippen molar-refractivity contribution in [3.63, 3.8) is 0 Å². The number of amides is 1. The summed E-state index contributed by atoms with van der Waals surface area (Å²) in [7, 11) is 0. The molecule has 1 amide bonds. The van der Waals surface area contributed by atoms with Crippen molar-refractivity contribution in [3.05, 3.63) is 0 Å². The van der Waals surface area contributed by atoms with E-state index in [2.05, 4.69) is 5.32 Å². The Morgan fingerprint density at radius 3 is 3.00 bits per heavy atom. The number of carbonyl (C=O) groups excluding carboxylic acids is 1. The highest BCUT2D eigenvalue weighted by atomic mass is 16.6. The second kappa shape index (κ2) is 5.95.